The number of thiophene rings is 1. The van der Waals surface area contributed by atoms with E-state index in [1.165, 1.54) is 35.6 Å². The zero-order chi connectivity index (χ0) is 12.5. The van der Waals surface area contributed by atoms with Crippen LogP contribution in [0.5, 0.6) is 0 Å². The third-order valence-corrected chi connectivity index (χ3v) is 3.22. The fourth-order valence-corrected chi connectivity index (χ4v) is 2.18. The standard InChI is InChI=1S/C12H8F4S/c13-11(12(14,15)16)9-5-3-8(4-6-9)10-2-1-7-17-10/h1-7,11H. The van der Waals surface area contributed by atoms with Gasteiger partial charge < -0.3 is 0 Å². The van der Waals surface area contributed by atoms with E-state index in [0.29, 0.717) is 0 Å². The van der Waals surface area contributed by atoms with Gasteiger partial charge in [-0.2, -0.15) is 13.2 Å². The quantitative estimate of drug-likeness (QED) is 0.667. The van der Waals surface area contributed by atoms with Crippen molar-refractivity contribution in [1.29, 1.82) is 0 Å². The second-order valence-corrected chi connectivity index (χ2v) is 4.45. The summed E-state index contributed by atoms with van der Waals surface area (Å²) < 4.78 is 49.4. The molecule has 1 atom stereocenters. The van der Waals surface area contributed by atoms with Gasteiger partial charge in [0, 0.05) is 4.88 Å². The molecule has 1 aromatic heterocycles. The molecule has 90 valence electrons. The molecular formula is C12H8F4S. The molecule has 1 aromatic carbocycles. The van der Waals surface area contributed by atoms with Gasteiger partial charge in [-0.05, 0) is 22.6 Å². The zero-order valence-corrected chi connectivity index (χ0v) is 9.36. The summed E-state index contributed by atoms with van der Waals surface area (Å²) >= 11 is 1.48. The Bertz CT molecular complexity index is 470. The van der Waals surface area contributed by atoms with Crippen LogP contribution in [-0.2, 0) is 0 Å². The third kappa shape index (κ3) is 2.66. The molecule has 5 heteroatoms. The molecule has 0 saturated carbocycles. The second kappa shape index (κ2) is 4.49. The maximum Gasteiger partial charge on any atom is 0.423 e. The Kier molecular flexibility index (Phi) is 3.19. The van der Waals surface area contributed by atoms with Crippen molar-refractivity contribution in [1.82, 2.24) is 0 Å². The normalized spacial score (nSPS) is 13.6. The van der Waals surface area contributed by atoms with Crippen LogP contribution in [0.2, 0.25) is 0 Å². The maximum absolute atomic E-state index is 13.0. The number of halogens is 4. The van der Waals surface area contributed by atoms with E-state index in [-0.39, 0.29) is 5.56 Å². The molecule has 17 heavy (non-hydrogen) atoms. The first-order chi connectivity index (χ1) is 7.98. The van der Waals surface area contributed by atoms with Crippen LogP contribution in [0.25, 0.3) is 10.4 Å². The molecule has 2 aromatic rings. The summed E-state index contributed by atoms with van der Waals surface area (Å²) in [5, 5.41) is 1.87. The minimum absolute atomic E-state index is 0.363. The van der Waals surface area contributed by atoms with Gasteiger partial charge in [-0.25, -0.2) is 4.39 Å². The Morgan fingerprint density at radius 2 is 1.65 bits per heavy atom. The summed E-state index contributed by atoms with van der Waals surface area (Å²) in [7, 11) is 0. The average Bonchev–Trinajstić information content (AvgIpc) is 2.80. The molecule has 0 radical (unpaired) electrons. The molecule has 0 aliphatic rings. The summed E-state index contributed by atoms with van der Waals surface area (Å²) in [6.45, 7) is 0. The van der Waals surface area contributed by atoms with Crippen molar-refractivity contribution >= 4 is 11.3 Å². The van der Waals surface area contributed by atoms with Gasteiger partial charge in [0.1, 0.15) is 0 Å². The van der Waals surface area contributed by atoms with Crippen LogP contribution < -0.4 is 0 Å². The summed E-state index contributed by atoms with van der Waals surface area (Å²) in [5.74, 6) is 0. The lowest BCUT2D eigenvalue weighted by Gasteiger charge is -2.12. The van der Waals surface area contributed by atoms with Crippen molar-refractivity contribution in [3.8, 4) is 10.4 Å². The van der Waals surface area contributed by atoms with Crippen LogP contribution in [0.3, 0.4) is 0 Å². The first kappa shape index (κ1) is 12.1. The molecule has 2 rings (SSSR count). The summed E-state index contributed by atoms with van der Waals surface area (Å²) in [4.78, 5) is 0.943. The molecule has 0 spiro atoms. The molecule has 0 amide bonds. The summed E-state index contributed by atoms with van der Waals surface area (Å²) in [6.07, 6.45) is -7.76. The minimum Gasteiger partial charge on any atom is -0.232 e. The van der Waals surface area contributed by atoms with E-state index in [4.69, 9.17) is 0 Å². The van der Waals surface area contributed by atoms with E-state index in [1.54, 1.807) is 0 Å². The number of alkyl halides is 4. The smallest absolute Gasteiger partial charge is 0.232 e. The molecule has 0 aliphatic carbocycles. The van der Waals surface area contributed by atoms with Crippen molar-refractivity contribution in [2.24, 2.45) is 0 Å². The van der Waals surface area contributed by atoms with Crippen molar-refractivity contribution < 1.29 is 17.6 Å². The predicted molar refractivity (Wildman–Crippen MR) is 59.7 cm³/mol. The van der Waals surface area contributed by atoms with Gasteiger partial charge in [0.15, 0.2) is 0 Å². The molecule has 1 unspecified atom stereocenters. The van der Waals surface area contributed by atoms with E-state index in [0.717, 1.165) is 10.4 Å². The first-order valence-corrected chi connectivity index (χ1v) is 5.71. The lowest BCUT2D eigenvalue weighted by Crippen LogP contribution is -2.16. The Morgan fingerprint density at radius 3 is 2.12 bits per heavy atom. The lowest BCUT2D eigenvalue weighted by atomic mass is 10.1. The van der Waals surface area contributed by atoms with Gasteiger partial charge in [-0.3, -0.25) is 0 Å². The van der Waals surface area contributed by atoms with E-state index >= 15 is 0 Å². The monoisotopic (exact) mass is 260 g/mol. The van der Waals surface area contributed by atoms with Crippen LogP contribution in [0.1, 0.15) is 11.7 Å². The highest BCUT2D eigenvalue weighted by Crippen LogP contribution is 2.36. The van der Waals surface area contributed by atoms with Gasteiger partial charge >= 0.3 is 6.18 Å². The number of hydrogen-bond donors (Lipinski definition) is 0. The van der Waals surface area contributed by atoms with Gasteiger partial charge in [0.25, 0.3) is 0 Å². The topological polar surface area (TPSA) is 0 Å². The predicted octanol–water partition coefficient (Wildman–Crippen LogP) is 4.99. The minimum atomic E-state index is -4.84. The van der Waals surface area contributed by atoms with Gasteiger partial charge in [-0.15, -0.1) is 11.3 Å². The highest BCUT2D eigenvalue weighted by molar-refractivity contribution is 7.13. The molecule has 0 N–H and O–H groups in total. The summed E-state index contributed by atoms with van der Waals surface area (Å²) in [6, 6.07) is 9.05. The highest BCUT2D eigenvalue weighted by Gasteiger charge is 2.41. The third-order valence-electron chi connectivity index (χ3n) is 2.30. The molecule has 1 heterocycles. The number of rotatable bonds is 2. The SMILES string of the molecule is FC(c1ccc(-c2cccs2)cc1)C(F)(F)F. The Labute approximate surface area is 99.5 Å². The summed E-state index contributed by atoms with van der Waals surface area (Å²) in [5.41, 5.74) is 0.427. The first-order valence-electron chi connectivity index (χ1n) is 4.83. The van der Waals surface area contributed by atoms with Crippen LogP contribution >= 0.6 is 11.3 Å². The Hall–Kier alpha value is -1.36. The number of hydrogen-bond acceptors (Lipinski definition) is 1. The highest BCUT2D eigenvalue weighted by atomic mass is 32.1. The molecule has 0 bridgehead atoms. The van der Waals surface area contributed by atoms with Crippen LogP contribution in [0, 0.1) is 0 Å². The van der Waals surface area contributed by atoms with E-state index in [1.807, 2.05) is 17.5 Å². The fourth-order valence-electron chi connectivity index (χ4n) is 1.45. The van der Waals surface area contributed by atoms with Crippen molar-refractivity contribution in [2.45, 2.75) is 12.3 Å². The van der Waals surface area contributed by atoms with Gasteiger partial charge in [-0.1, -0.05) is 30.3 Å². The second-order valence-electron chi connectivity index (χ2n) is 3.50. The Morgan fingerprint density at radius 1 is 1.00 bits per heavy atom. The van der Waals surface area contributed by atoms with E-state index in [9.17, 15) is 17.6 Å². The largest absolute Gasteiger partial charge is 0.423 e. The molecule has 0 fully saturated rings. The maximum atomic E-state index is 13.0. The molecule has 0 nitrogen and oxygen atoms in total. The lowest BCUT2D eigenvalue weighted by molar-refractivity contribution is -0.182. The van der Waals surface area contributed by atoms with E-state index in [2.05, 4.69) is 0 Å². The van der Waals surface area contributed by atoms with E-state index < -0.39 is 12.3 Å². The van der Waals surface area contributed by atoms with Crippen molar-refractivity contribution in [2.75, 3.05) is 0 Å². The van der Waals surface area contributed by atoms with Crippen LogP contribution in [0.15, 0.2) is 41.8 Å². The number of benzene rings is 1. The fraction of sp³-hybridized carbons (Fsp3) is 0.167. The van der Waals surface area contributed by atoms with Crippen molar-refractivity contribution in [3.05, 3.63) is 47.3 Å². The van der Waals surface area contributed by atoms with Gasteiger partial charge in [0.05, 0.1) is 0 Å². The molecule has 0 saturated heterocycles. The van der Waals surface area contributed by atoms with Gasteiger partial charge in [0.2, 0.25) is 6.17 Å². The Balaban J connectivity index is 2.25. The zero-order valence-electron chi connectivity index (χ0n) is 8.54. The van der Waals surface area contributed by atoms with Crippen LogP contribution in [-0.4, -0.2) is 6.18 Å². The molecule has 0 aliphatic heterocycles. The van der Waals surface area contributed by atoms with Crippen LogP contribution in [0.4, 0.5) is 17.6 Å². The van der Waals surface area contributed by atoms with Crippen molar-refractivity contribution in [3.63, 3.8) is 0 Å². The average molecular weight is 260 g/mol. The molecular weight excluding hydrogens is 252 g/mol.